The molecule has 0 unspecified atom stereocenters. The number of oxime groups is 1. The second-order valence-corrected chi connectivity index (χ2v) is 6.21. The molecule has 1 N–H and O–H groups in total. The minimum absolute atomic E-state index is 0.0603. The summed E-state index contributed by atoms with van der Waals surface area (Å²) in [4.78, 5) is 32.4. The Hall–Kier alpha value is -2.29. The molecule has 124 valence electrons. The summed E-state index contributed by atoms with van der Waals surface area (Å²) in [6.45, 7) is 1.71. The zero-order valence-electron chi connectivity index (χ0n) is 13.0. The Labute approximate surface area is 153 Å². The van der Waals surface area contributed by atoms with Gasteiger partial charge in [-0.15, -0.1) is 0 Å². The lowest BCUT2D eigenvalue weighted by Crippen LogP contribution is -2.17. The molecule has 6 nitrogen and oxygen atoms in total. The van der Waals surface area contributed by atoms with Crippen molar-refractivity contribution < 1.29 is 14.4 Å². The van der Waals surface area contributed by atoms with Gasteiger partial charge < -0.3 is 10.2 Å². The number of carbonyl (C=O) groups excluding carboxylic acids is 2. The van der Waals surface area contributed by atoms with Crippen molar-refractivity contribution in [1.29, 1.82) is 0 Å². The van der Waals surface area contributed by atoms with Crippen LogP contribution in [0.2, 0.25) is 0 Å². The van der Waals surface area contributed by atoms with E-state index >= 15 is 0 Å². The fourth-order valence-corrected chi connectivity index (χ4v) is 2.07. The van der Waals surface area contributed by atoms with E-state index in [2.05, 4.69) is 38.0 Å². The van der Waals surface area contributed by atoms with Crippen molar-refractivity contribution >= 4 is 46.3 Å². The third kappa shape index (κ3) is 6.07. The predicted molar refractivity (Wildman–Crippen MR) is 100 cm³/mol. The monoisotopic (exact) mass is 437 g/mol. The van der Waals surface area contributed by atoms with E-state index < -0.39 is 0 Å². The van der Waals surface area contributed by atoms with E-state index in [1.807, 2.05) is 25.1 Å². The molecule has 0 aliphatic heterocycles. The van der Waals surface area contributed by atoms with Gasteiger partial charge in [-0.05, 0) is 41.6 Å². The number of halogens is 1. The molecule has 0 radical (unpaired) electrons. The molecule has 0 fully saturated rings. The third-order valence-electron chi connectivity index (χ3n) is 2.99. The van der Waals surface area contributed by atoms with Crippen molar-refractivity contribution in [3.63, 3.8) is 0 Å². The summed E-state index contributed by atoms with van der Waals surface area (Å²) >= 11 is 2.13. The van der Waals surface area contributed by atoms with Crippen LogP contribution in [-0.2, 0) is 9.63 Å². The van der Waals surface area contributed by atoms with Gasteiger partial charge in [-0.2, -0.15) is 0 Å². The first kappa shape index (κ1) is 18.1. The van der Waals surface area contributed by atoms with Crippen molar-refractivity contribution in [1.82, 2.24) is 4.98 Å². The van der Waals surface area contributed by atoms with Crippen LogP contribution in [-0.4, -0.2) is 29.5 Å². The highest BCUT2D eigenvalue weighted by Crippen LogP contribution is 2.07. The van der Waals surface area contributed by atoms with E-state index in [0.717, 1.165) is 9.13 Å². The zero-order chi connectivity index (χ0) is 17.4. The molecule has 1 aromatic carbocycles. The number of hydrogen-bond acceptors (Lipinski definition) is 5. The maximum Gasteiger partial charge on any atom is 0.266 e. The number of aromatic nitrogens is 1. The summed E-state index contributed by atoms with van der Waals surface area (Å²) in [7, 11) is 0. The van der Waals surface area contributed by atoms with Gasteiger partial charge in [0.25, 0.3) is 5.91 Å². The second-order valence-electron chi connectivity index (χ2n) is 4.96. The molecule has 2 rings (SSSR count). The van der Waals surface area contributed by atoms with Crippen LogP contribution in [0, 0.1) is 10.5 Å². The van der Waals surface area contributed by atoms with Gasteiger partial charge in [-0.25, -0.2) is 4.98 Å². The quantitative estimate of drug-likeness (QED) is 0.312. The number of aryl methyl sites for hydroxylation is 1. The number of amides is 1. The van der Waals surface area contributed by atoms with Crippen LogP contribution < -0.4 is 5.32 Å². The Morgan fingerprint density at radius 1 is 1.25 bits per heavy atom. The number of ketones is 1. The molecule has 0 saturated heterocycles. The SMILES string of the molecule is Cc1ccc(C(=O)C/C=N/OCC(=O)Nc2ccc(I)cn2)cc1. The van der Waals surface area contributed by atoms with Crippen LogP contribution in [0.4, 0.5) is 5.82 Å². The zero-order valence-corrected chi connectivity index (χ0v) is 15.2. The van der Waals surface area contributed by atoms with Crippen molar-refractivity contribution in [3.05, 3.63) is 57.3 Å². The lowest BCUT2D eigenvalue weighted by molar-refractivity contribution is -0.120. The number of anilines is 1. The van der Waals surface area contributed by atoms with Crippen molar-refractivity contribution in [2.24, 2.45) is 5.16 Å². The Morgan fingerprint density at radius 3 is 2.67 bits per heavy atom. The molecular weight excluding hydrogens is 421 g/mol. The van der Waals surface area contributed by atoms with Gasteiger partial charge in [-0.1, -0.05) is 35.0 Å². The standard InChI is InChI=1S/C17H16IN3O3/c1-12-2-4-13(5-3-12)15(22)8-9-20-24-11-17(23)21-16-7-6-14(18)10-19-16/h2-7,9-10H,8,11H2,1H3,(H,19,21,23)/b20-9+. The molecule has 24 heavy (non-hydrogen) atoms. The van der Waals surface area contributed by atoms with E-state index in [0.29, 0.717) is 11.4 Å². The number of nitrogens with one attached hydrogen (secondary N) is 1. The highest BCUT2D eigenvalue weighted by Gasteiger charge is 2.05. The molecule has 1 heterocycles. The molecule has 0 bridgehead atoms. The largest absolute Gasteiger partial charge is 0.386 e. The first-order valence-electron chi connectivity index (χ1n) is 7.19. The highest BCUT2D eigenvalue weighted by molar-refractivity contribution is 14.1. The first-order chi connectivity index (χ1) is 11.5. The molecule has 2 aromatic rings. The highest BCUT2D eigenvalue weighted by atomic mass is 127. The van der Waals surface area contributed by atoms with E-state index in [1.54, 1.807) is 24.4 Å². The van der Waals surface area contributed by atoms with Gasteiger partial charge in [-0.3, -0.25) is 9.59 Å². The fraction of sp³-hybridized carbons (Fsp3) is 0.176. The number of benzene rings is 1. The topological polar surface area (TPSA) is 80.6 Å². The average molecular weight is 437 g/mol. The maximum absolute atomic E-state index is 11.9. The smallest absolute Gasteiger partial charge is 0.266 e. The lowest BCUT2D eigenvalue weighted by Gasteiger charge is -2.03. The van der Waals surface area contributed by atoms with E-state index in [-0.39, 0.29) is 24.7 Å². The molecule has 0 saturated carbocycles. The van der Waals surface area contributed by atoms with Crippen LogP contribution in [0.1, 0.15) is 22.3 Å². The Bertz CT molecular complexity index is 728. The van der Waals surface area contributed by atoms with Crippen LogP contribution in [0.3, 0.4) is 0 Å². The number of nitrogens with zero attached hydrogens (tertiary/aromatic N) is 2. The molecular formula is C17H16IN3O3. The summed E-state index contributed by atoms with van der Waals surface area (Å²) < 4.78 is 0.977. The van der Waals surface area contributed by atoms with Crippen molar-refractivity contribution in [2.75, 3.05) is 11.9 Å². The minimum atomic E-state index is -0.370. The lowest BCUT2D eigenvalue weighted by atomic mass is 10.1. The molecule has 1 amide bonds. The summed E-state index contributed by atoms with van der Waals surface area (Å²) in [5.74, 6) is 0.0168. The van der Waals surface area contributed by atoms with Crippen LogP contribution >= 0.6 is 22.6 Å². The number of rotatable bonds is 7. The Kier molecular flexibility index (Phi) is 6.86. The molecule has 0 atom stereocenters. The molecule has 0 spiro atoms. The van der Waals surface area contributed by atoms with Crippen molar-refractivity contribution in [2.45, 2.75) is 13.3 Å². The number of Topliss-reactive ketones (excluding diaryl/α,β-unsaturated/α-hetero) is 1. The van der Waals surface area contributed by atoms with Crippen LogP contribution in [0.5, 0.6) is 0 Å². The van der Waals surface area contributed by atoms with E-state index in [9.17, 15) is 9.59 Å². The van der Waals surface area contributed by atoms with Gasteiger partial charge in [0.2, 0.25) is 0 Å². The van der Waals surface area contributed by atoms with Crippen molar-refractivity contribution in [3.8, 4) is 0 Å². The molecule has 1 aromatic heterocycles. The van der Waals surface area contributed by atoms with E-state index in [1.165, 1.54) is 6.21 Å². The van der Waals surface area contributed by atoms with Crippen LogP contribution in [0.25, 0.3) is 0 Å². The predicted octanol–water partition coefficient (Wildman–Crippen LogP) is 3.21. The molecule has 0 aliphatic rings. The van der Waals surface area contributed by atoms with Gasteiger partial charge in [0, 0.05) is 21.8 Å². The average Bonchev–Trinajstić information content (AvgIpc) is 2.57. The minimum Gasteiger partial charge on any atom is -0.386 e. The van der Waals surface area contributed by atoms with Gasteiger partial charge in [0.05, 0.1) is 6.21 Å². The second kappa shape index (κ2) is 9.11. The molecule has 0 aliphatic carbocycles. The summed E-state index contributed by atoms with van der Waals surface area (Å²) in [5.41, 5.74) is 1.71. The van der Waals surface area contributed by atoms with Gasteiger partial charge in [0.1, 0.15) is 5.82 Å². The number of hydrogen-bond donors (Lipinski definition) is 1. The van der Waals surface area contributed by atoms with Gasteiger partial charge >= 0.3 is 0 Å². The fourth-order valence-electron chi connectivity index (χ4n) is 1.75. The van der Waals surface area contributed by atoms with Crippen LogP contribution in [0.15, 0.2) is 47.8 Å². The normalized spacial score (nSPS) is 10.6. The third-order valence-corrected chi connectivity index (χ3v) is 3.63. The molecule has 7 heteroatoms. The number of pyridine rings is 1. The Balaban J connectivity index is 1.70. The summed E-state index contributed by atoms with van der Waals surface area (Å²) in [6, 6.07) is 10.8. The number of carbonyl (C=O) groups is 2. The summed E-state index contributed by atoms with van der Waals surface area (Å²) in [6.07, 6.45) is 3.10. The first-order valence-corrected chi connectivity index (χ1v) is 8.27. The summed E-state index contributed by atoms with van der Waals surface area (Å²) in [5, 5.41) is 6.20. The van der Waals surface area contributed by atoms with E-state index in [4.69, 9.17) is 4.84 Å². The van der Waals surface area contributed by atoms with Gasteiger partial charge in [0.15, 0.2) is 12.4 Å². The maximum atomic E-state index is 11.9. The Morgan fingerprint density at radius 2 is 2.00 bits per heavy atom.